The van der Waals surface area contributed by atoms with Gasteiger partial charge in [0.15, 0.2) is 9.84 Å². The third-order valence-corrected chi connectivity index (χ3v) is 4.82. The number of para-hydroxylation sites is 1. The Morgan fingerprint density at radius 1 is 1.33 bits per heavy atom. The average molecular weight is 268 g/mol. The molecule has 2 rings (SSSR count). The molecule has 100 valence electrons. The Labute approximate surface area is 108 Å². The van der Waals surface area contributed by atoms with Gasteiger partial charge in [0.1, 0.15) is 0 Å². The van der Waals surface area contributed by atoms with Crippen LogP contribution in [0, 0.1) is 5.92 Å². The Hall–Kier alpha value is -1.23. The zero-order valence-corrected chi connectivity index (χ0v) is 11.6. The SMILES string of the molecule is CC1CCCC1Nc1cccc(S(C)(=O)=O)c1N. The first-order valence-corrected chi connectivity index (χ1v) is 8.14. The number of nitrogens with one attached hydrogen (secondary N) is 1. The predicted molar refractivity (Wildman–Crippen MR) is 74.4 cm³/mol. The van der Waals surface area contributed by atoms with Crippen LogP contribution < -0.4 is 11.1 Å². The standard InChI is InChI=1S/C13H20N2O2S/c1-9-5-3-6-10(9)15-11-7-4-8-12(13(11)14)18(2,16)17/h4,7-10,15H,3,5-6,14H2,1-2H3. The molecule has 1 aromatic rings. The minimum absolute atomic E-state index is 0.207. The van der Waals surface area contributed by atoms with E-state index in [2.05, 4.69) is 12.2 Å². The third-order valence-electron chi connectivity index (χ3n) is 3.67. The van der Waals surface area contributed by atoms with Crippen LogP contribution >= 0.6 is 0 Å². The van der Waals surface area contributed by atoms with Gasteiger partial charge in [-0.1, -0.05) is 19.4 Å². The summed E-state index contributed by atoms with van der Waals surface area (Å²) in [5.41, 5.74) is 7.02. The van der Waals surface area contributed by atoms with Gasteiger partial charge in [-0.05, 0) is 30.9 Å². The van der Waals surface area contributed by atoms with Crippen LogP contribution in [0.5, 0.6) is 0 Å². The van der Waals surface area contributed by atoms with Crippen LogP contribution in [0.1, 0.15) is 26.2 Å². The number of benzene rings is 1. The highest BCUT2D eigenvalue weighted by molar-refractivity contribution is 7.90. The smallest absolute Gasteiger partial charge is 0.177 e. The van der Waals surface area contributed by atoms with Gasteiger partial charge in [0.05, 0.1) is 16.3 Å². The van der Waals surface area contributed by atoms with E-state index in [0.29, 0.717) is 17.6 Å². The molecule has 0 saturated heterocycles. The van der Waals surface area contributed by atoms with E-state index in [1.54, 1.807) is 12.1 Å². The normalized spacial score (nSPS) is 24.1. The van der Waals surface area contributed by atoms with Gasteiger partial charge in [0.25, 0.3) is 0 Å². The van der Waals surface area contributed by atoms with Crippen LogP contribution in [0.3, 0.4) is 0 Å². The van der Waals surface area contributed by atoms with E-state index >= 15 is 0 Å². The Kier molecular flexibility index (Phi) is 3.52. The van der Waals surface area contributed by atoms with Gasteiger partial charge >= 0.3 is 0 Å². The minimum Gasteiger partial charge on any atom is -0.396 e. The summed E-state index contributed by atoms with van der Waals surface area (Å²) in [6.07, 6.45) is 4.72. The number of sulfone groups is 1. The molecule has 4 nitrogen and oxygen atoms in total. The summed E-state index contributed by atoms with van der Waals surface area (Å²) in [7, 11) is -3.27. The molecule has 1 fully saturated rings. The second kappa shape index (κ2) is 4.80. The number of anilines is 2. The number of nitrogens with two attached hydrogens (primary N) is 1. The largest absolute Gasteiger partial charge is 0.396 e. The van der Waals surface area contributed by atoms with E-state index in [9.17, 15) is 8.42 Å². The molecule has 3 N–H and O–H groups in total. The Bertz CT molecular complexity index is 540. The molecule has 0 spiro atoms. The zero-order chi connectivity index (χ0) is 13.3. The highest BCUT2D eigenvalue weighted by Crippen LogP contribution is 2.32. The maximum Gasteiger partial charge on any atom is 0.177 e. The molecule has 2 atom stereocenters. The quantitative estimate of drug-likeness (QED) is 0.825. The second-order valence-electron chi connectivity index (χ2n) is 5.15. The summed E-state index contributed by atoms with van der Waals surface area (Å²) < 4.78 is 23.2. The van der Waals surface area contributed by atoms with Crippen LogP contribution in [0.4, 0.5) is 11.4 Å². The molecule has 1 saturated carbocycles. The molecule has 0 radical (unpaired) electrons. The number of hydrogen-bond acceptors (Lipinski definition) is 4. The Balaban J connectivity index is 2.29. The summed E-state index contributed by atoms with van der Waals surface area (Å²) in [6, 6.07) is 5.51. The predicted octanol–water partition coefficient (Wildman–Crippen LogP) is 2.27. The first kappa shape index (κ1) is 13.2. The second-order valence-corrected chi connectivity index (χ2v) is 7.13. The van der Waals surface area contributed by atoms with Gasteiger partial charge in [-0.2, -0.15) is 0 Å². The third kappa shape index (κ3) is 2.61. The van der Waals surface area contributed by atoms with Gasteiger partial charge in [-0.25, -0.2) is 8.42 Å². The molecule has 1 aromatic carbocycles. The van der Waals surface area contributed by atoms with Crippen LogP contribution in [0.25, 0.3) is 0 Å². The van der Waals surface area contributed by atoms with E-state index in [1.165, 1.54) is 19.1 Å². The summed E-state index contributed by atoms with van der Waals surface area (Å²) in [5, 5.41) is 3.38. The van der Waals surface area contributed by atoms with Crippen LogP contribution in [-0.4, -0.2) is 20.7 Å². The Morgan fingerprint density at radius 3 is 2.61 bits per heavy atom. The van der Waals surface area contributed by atoms with Gasteiger partial charge in [0, 0.05) is 12.3 Å². The van der Waals surface area contributed by atoms with E-state index in [-0.39, 0.29) is 4.90 Å². The molecule has 0 aromatic heterocycles. The molecule has 0 heterocycles. The van der Waals surface area contributed by atoms with Crippen molar-refractivity contribution in [3.8, 4) is 0 Å². The van der Waals surface area contributed by atoms with Crippen molar-refractivity contribution < 1.29 is 8.42 Å². The van der Waals surface area contributed by atoms with Crippen molar-refractivity contribution in [1.29, 1.82) is 0 Å². The maximum atomic E-state index is 11.6. The van der Waals surface area contributed by atoms with Crippen molar-refractivity contribution >= 4 is 21.2 Å². The number of rotatable bonds is 3. The fraction of sp³-hybridized carbons (Fsp3) is 0.538. The molecule has 18 heavy (non-hydrogen) atoms. The van der Waals surface area contributed by atoms with E-state index in [0.717, 1.165) is 12.1 Å². The maximum absolute atomic E-state index is 11.6. The zero-order valence-electron chi connectivity index (χ0n) is 10.8. The van der Waals surface area contributed by atoms with Crippen LogP contribution in [0.15, 0.2) is 23.1 Å². The highest BCUT2D eigenvalue weighted by Gasteiger charge is 2.24. The highest BCUT2D eigenvalue weighted by atomic mass is 32.2. The Morgan fingerprint density at radius 2 is 2.06 bits per heavy atom. The van der Waals surface area contributed by atoms with Crippen molar-refractivity contribution in [2.45, 2.75) is 37.1 Å². The van der Waals surface area contributed by atoms with Crippen LogP contribution in [-0.2, 0) is 9.84 Å². The number of hydrogen-bond donors (Lipinski definition) is 2. The summed E-state index contributed by atoms with van der Waals surface area (Å²) >= 11 is 0. The van der Waals surface area contributed by atoms with Gasteiger partial charge in [0.2, 0.25) is 0 Å². The molecule has 2 unspecified atom stereocenters. The van der Waals surface area contributed by atoms with E-state index in [4.69, 9.17) is 5.73 Å². The average Bonchev–Trinajstić information content (AvgIpc) is 2.66. The van der Waals surface area contributed by atoms with Crippen molar-refractivity contribution in [3.05, 3.63) is 18.2 Å². The molecule has 1 aliphatic rings. The molecular formula is C13H20N2O2S. The first-order valence-electron chi connectivity index (χ1n) is 6.24. The lowest BCUT2D eigenvalue weighted by Crippen LogP contribution is -2.22. The van der Waals surface area contributed by atoms with E-state index in [1.807, 2.05) is 6.07 Å². The van der Waals surface area contributed by atoms with Crippen molar-refractivity contribution in [3.63, 3.8) is 0 Å². The molecule has 0 amide bonds. The van der Waals surface area contributed by atoms with Gasteiger partial charge < -0.3 is 11.1 Å². The van der Waals surface area contributed by atoms with Crippen LogP contribution in [0.2, 0.25) is 0 Å². The lowest BCUT2D eigenvalue weighted by Gasteiger charge is -2.20. The lowest BCUT2D eigenvalue weighted by molar-refractivity contribution is 0.556. The van der Waals surface area contributed by atoms with Crippen molar-refractivity contribution in [2.75, 3.05) is 17.3 Å². The minimum atomic E-state index is -3.27. The first-order chi connectivity index (χ1) is 8.39. The molecule has 0 aliphatic heterocycles. The van der Waals surface area contributed by atoms with Gasteiger partial charge in [-0.15, -0.1) is 0 Å². The molecule has 1 aliphatic carbocycles. The fourth-order valence-corrected chi connectivity index (χ4v) is 3.39. The lowest BCUT2D eigenvalue weighted by atomic mass is 10.1. The fourth-order valence-electron chi connectivity index (χ4n) is 2.55. The van der Waals surface area contributed by atoms with E-state index < -0.39 is 9.84 Å². The van der Waals surface area contributed by atoms with Gasteiger partial charge in [-0.3, -0.25) is 0 Å². The van der Waals surface area contributed by atoms with Crippen molar-refractivity contribution in [1.82, 2.24) is 0 Å². The molecule has 5 heteroatoms. The summed E-state index contributed by atoms with van der Waals surface area (Å²) in [4.78, 5) is 0.207. The topological polar surface area (TPSA) is 72.2 Å². The number of nitrogen functional groups attached to an aromatic ring is 1. The molecular weight excluding hydrogens is 248 g/mol. The summed E-state index contributed by atoms with van der Waals surface area (Å²) in [5.74, 6) is 0.603. The summed E-state index contributed by atoms with van der Waals surface area (Å²) in [6.45, 7) is 2.21. The van der Waals surface area contributed by atoms with Crippen molar-refractivity contribution in [2.24, 2.45) is 5.92 Å². The monoisotopic (exact) mass is 268 g/mol. The molecule has 0 bridgehead atoms.